The van der Waals surface area contributed by atoms with Gasteiger partial charge in [0.05, 0.1) is 35.5 Å². The van der Waals surface area contributed by atoms with E-state index in [2.05, 4.69) is 10.3 Å². The van der Waals surface area contributed by atoms with E-state index in [9.17, 15) is 31.1 Å². The fourth-order valence-corrected chi connectivity index (χ4v) is 2.42. The molecule has 1 aromatic rings. The first kappa shape index (κ1) is 21.3. The number of nitriles is 1. The van der Waals surface area contributed by atoms with E-state index in [0.717, 1.165) is 0 Å². The summed E-state index contributed by atoms with van der Waals surface area (Å²) in [5.41, 5.74) is -3.51. The third-order valence-electron chi connectivity index (χ3n) is 3.85. The Labute approximate surface area is 156 Å². The van der Waals surface area contributed by atoms with Crippen molar-refractivity contribution in [3.05, 3.63) is 47.3 Å². The minimum absolute atomic E-state index is 0.0456. The highest BCUT2D eigenvalue weighted by Gasteiger charge is 2.37. The van der Waals surface area contributed by atoms with Gasteiger partial charge in [0.25, 0.3) is 5.91 Å². The molecular weight excluding hydrogens is 390 g/mol. The van der Waals surface area contributed by atoms with E-state index < -0.39 is 41.0 Å². The molecule has 1 heterocycles. The van der Waals surface area contributed by atoms with Gasteiger partial charge in [-0.1, -0.05) is 0 Å². The van der Waals surface area contributed by atoms with Gasteiger partial charge in [-0.15, -0.1) is 0 Å². The number of alkyl halides is 6. The molecule has 1 N–H and O–H groups in total. The molecule has 0 radical (unpaired) electrons. The molecule has 0 fully saturated rings. The van der Waals surface area contributed by atoms with Crippen LogP contribution in [0.25, 0.3) is 0 Å². The van der Waals surface area contributed by atoms with Crippen LogP contribution in [-0.2, 0) is 12.4 Å². The average molecular weight is 404 g/mol. The highest BCUT2D eigenvalue weighted by molar-refractivity contribution is 6.00. The minimum Gasteiger partial charge on any atom is -0.357 e. The molecule has 1 unspecified atom stereocenters. The summed E-state index contributed by atoms with van der Waals surface area (Å²) in [5.74, 6) is -1.10. The van der Waals surface area contributed by atoms with Gasteiger partial charge in [-0.3, -0.25) is 9.79 Å². The quantitative estimate of drug-likeness (QED) is 0.616. The Hall–Kier alpha value is -3.03. The Morgan fingerprint density at radius 3 is 2.29 bits per heavy atom. The fourth-order valence-electron chi connectivity index (χ4n) is 2.42. The van der Waals surface area contributed by atoms with Crippen LogP contribution >= 0.6 is 0 Å². The number of hydrogen-bond acceptors (Lipinski definition) is 4. The summed E-state index contributed by atoms with van der Waals surface area (Å²) in [7, 11) is 0. The number of halogens is 6. The molecule has 150 valence electrons. The van der Waals surface area contributed by atoms with E-state index in [-0.39, 0.29) is 19.2 Å². The van der Waals surface area contributed by atoms with Crippen molar-refractivity contribution in [3.63, 3.8) is 0 Å². The van der Waals surface area contributed by atoms with Crippen molar-refractivity contribution in [2.75, 3.05) is 13.1 Å². The molecule has 0 bridgehead atoms. The molecule has 2 rings (SSSR count). The molecule has 11 heteroatoms. The molecule has 0 spiro atoms. The number of hydrogen-bond donors (Lipinski definition) is 1. The van der Waals surface area contributed by atoms with Crippen LogP contribution in [0.1, 0.15) is 28.4 Å². The van der Waals surface area contributed by atoms with Gasteiger partial charge in [-0.25, -0.2) is 0 Å². The molecular formula is C17H14F6N4O. The highest BCUT2D eigenvalue weighted by Crippen LogP contribution is 2.36. The second kappa shape index (κ2) is 7.92. The Morgan fingerprint density at radius 2 is 1.79 bits per heavy atom. The SMILES string of the molecule is CC(NC(=O)c1cc(C(F)(F)F)cc(C(F)(F)F)c1)C1=NC=CN(CC#N)C1. The fraction of sp³-hybridized carbons (Fsp3) is 0.353. The van der Waals surface area contributed by atoms with Gasteiger partial charge in [0.2, 0.25) is 0 Å². The molecule has 28 heavy (non-hydrogen) atoms. The normalized spacial score (nSPS) is 15.6. The molecule has 0 saturated heterocycles. The minimum atomic E-state index is -5.04. The summed E-state index contributed by atoms with van der Waals surface area (Å²) in [6.07, 6.45) is -7.16. The van der Waals surface area contributed by atoms with Crippen LogP contribution in [0.2, 0.25) is 0 Å². The maximum Gasteiger partial charge on any atom is 0.416 e. The second-order valence-corrected chi connectivity index (χ2v) is 5.97. The monoisotopic (exact) mass is 404 g/mol. The summed E-state index contributed by atoms with van der Waals surface area (Å²) >= 11 is 0. The number of carbonyl (C=O) groups is 1. The van der Waals surface area contributed by atoms with Gasteiger partial charge in [-0.2, -0.15) is 31.6 Å². The zero-order valence-electron chi connectivity index (χ0n) is 14.4. The Morgan fingerprint density at radius 1 is 1.21 bits per heavy atom. The molecule has 0 aliphatic carbocycles. The molecule has 1 aromatic carbocycles. The van der Waals surface area contributed by atoms with Gasteiger partial charge in [-0.05, 0) is 25.1 Å². The topological polar surface area (TPSA) is 68.5 Å². The van der Waals surface area contributed by atoms with Crippen molar-refractivity contribution in [2.45, 2.75) is 25.3 Å². The Bertz CT molecular complexity index is 818. The van der Waals surface area contributed by atoms with E-state index in [0.29, 0.717) is 17.8 Å². The molecule has 5 nitrogen and oxygen atoms in total. The zero-order chi connectivity index (χ0) is 21.1. The van der Waals surface area contributed by atoms with Crippen molar-refractivity contribution in [1.29, 1.82) is 5.26 Å². The zero-order valence-corrected chi connectivity index (χ0v) is 14.4. The van der Waals surface area contributed by atoms with E-state index >= 15 is 0 Å². The van der Waals surface area contributed by atoms with Crippen molar-refractivity contribution < 1.29 is 31.1 Å². The van der Waals surface area contributed by atoms with Crippen LogP contribution < -0.4 is 5.32 Å². The molecule has 1 atom stereocenters. The summed E-state index contributed by atoms with van der Waals surface area (Å²) in [4.78, 5) is 17.9. The lowest BCUT2D eigenvalue weighted by atomic mass is 10.0. The van der Waals surface area contributed by atoms with Crippen molar-refractivity contribution >= 4 is 11.6 Å². The number of rotatable bonds is 4. The van der Waals surface area contributed by atoms with Gasteiger partial charge < -0.3 is 10.2 Å². The lowest BCUT2D eigenvalue weighted by Gasteiger charge is -2.25. The third-order valence-corrected chi connectivity index (χ3v) is 3.85. The van der Waals surface area contributed by atoms with Crippen LogP contribution in [0, 0.1) is 11.3 Å². The summed E-state index contributed by atoms with van der Waals surface area (Å²) in [6, 6.07) is 1.83. The smallest absolute Gasteiger partial charge is 0.357 e. The first-order valence-corrected chi connectivity index (χ1v) is 7.86. The number of benzene rings is 1. The van der Waals surface area contributed by atoms with E-state index in [4.69, 9.17) is 5.26 Å². The molecule has 0 aromatic heterocycles. The molecule has 1 amide bonds. The number of nitrogens with zero attached hydrogens (tertiary/aromatic N) is 3. The lowest BCUT2D eigenvalue weighted by Crippen LogP contribution is -2.43. The van der Waals surface area contributed by atoms with Crippen LogP contribution in [0.5, 0.6) is 0 Å². The Balaban J connectivity index is 2.25. The molecule has 1 aliphatic rings. The third kappa shape index (κ3) is 5.25. The Kier molecular flexibility index (Phi) is 6.01. The predicted molar refractivity (Wildman–Crippen MR) is 87.1 cm³/mol. The first-order valence-electron chi connectivity index (χ1n) is 7.86. The summed E-state index contributed by atoms with van der Waals surface area (Å²) in [6.45, 7) is 1.72. The maximum atomic E-state index is 12.9. The summed E-state index contributed by atoms with van der Waals surface area (Å²) < 4.78 is 77.5. The number of nitrogens with one attached hydrogen (secondary N) is 1. The molecule has 0 saturated carbocycles. The predicted octanol–water partition coefficient (Wildman–Crippen LogP) is 3.59. The number of amides is 1. The van der Waals surface area contributed by atoms with E-state index in [1.165, 1.54) is 13.1 Å². The van der Waals surface area contributed by atoms with Gasteiger partial charge in [0.1, 0.15) is 6.54 Å². The first-order chi connectivity index (χ1) is 12.9. The standard InChI is InChI=1S/C17H14F6N4O/c1-10(14-9-27(4-2-24)5-3-25-14)26-15(28)11-6-12(16(18,19)20)8-13(7-11)17(21,22)23/h3,5-8,10H,4,9H2,1H3,(H,26,28). The lowest BCUT2D eigenvalue weighted by molar-refractivity contribution is -0.143. The summed E-state index contributed by atoms with van der Waals surface area (Å²) in [5, 5.41) is 11.0. The second-order valence-electron chi connectivity index (χ2n) is 5.97. The van der Waals surface area contributed by atoms with Crippen LogP contribution in [0.15, 0.2) is 35.6 Å². The van der Waals surface area contributed by atoms with Crippen LogP contribution in [0.4, 0.5) is 26.3 Å². The van der Waals surface area contributed by atoms with Gasteiger partial charge in [0.15, 0.2) is 0 Å². The van der Waals surface area contributed by atoms with Crippen LogP contribution in [0.3, 0.4) is 0 Å². The van der Waals surface area contributed by atoms with E-state index in [1.807, 2.05) is 6.07 Å². The molecule has 1 aliphatic heterocycles. The van der Waals surface area contributed by atoms with E-state index in [1.54, 1.807) is 11.1 Å². The van der Waals surface area contributed by atoms with Crippen molar-refractivity contribution in [1.82, 2.24) is 10.2 Å². The van der Waals surface area contributed by atoms with Crippen LogP contribution in [-0.4, -0.2) is 35.7 Å². The number of aliphatic imine (C=N–C) groups is 1. The highest BCUT2D eigenvalue weighted by atomic mass is 19.4. The maximum absolute atomic E-state index is 12.9. The van der Waals surface area contributed by atoms with Gasteiger partial charge in [0, 0.05) is 18.0 Å². The average Bonchev–Trinajstić information content (AvgIpc) is 2.60. The largest absolute Gasteiger partial charge is 0.416 e. The van der Waals surface area contributed by atoms with Crippen molar-refractivity contribution in [3.8, 4) is 6.07 Å². The van der Waals surface area contributed by atoms with Crippen molar-refractivity contribution in [2.24, 2.45) is 4.99 Å². The van der Waals surface area contributed by atoms with Gasteiger partial charge >= 0.3 is 12.4 Å². The number of carbonyl (C=O) groups excluding carboxylic acids is 1.